The summed E-state index contributed by atoms with van der Waals surface area (Å²) in [5, 5.41) is 1.01. The Morgan fingerprint density at radius 3 is 2.67 bits per heavy atom. The second-order valence-corrected chi connectivity index (χ2v) is 3.22. The van der Waals surface area contributed by atoms with Crippen molar-refractivity contribution in [2.75, 3.05) is 11.9 Å². The van der Waals surface area contributed by atoms with E-state index in [1.807, 2.05) is 0 Å². The Morgan fingerprint density at radius 2 is 2.08 bits per heavy atom. The summed E-state index contributed by atoms with van der Waals surface area (Å²) in [7, 11) is 0. The molecule has 12 heavy (non-hydrogen) atoms. The molecule has 70 valence electrons. The molecule has 0 saturated carbocycles. The largest absolute Gasteiger partial charge is 0.466 e. The van der Waals surface area contributed by atoms with Gasteiger partial charge in [-0.05, 0) is 19.3 Å². The molecule has 0 unspecified atom stereocenters. The predicted octanol–water partition coefficient (Wildman–Crippen LogP) is 2.67. The van der Waals surface area contributed by atoms with Gasteiger partial charge in [0.15, 0.2) is 0 Å². The van der Waals surface area contributed by atoms with Gasteiger partial charge in [0.1, 0.15) is 0 Å². The topological polar surface area (TPSA) is 26.3 Å². The first-order chi connectivity index (χ1) is 5.77. The Hall–Kier alpha value is -0.310. The molecule has 0 saturated heterocycles. The minimum atomic E-state index is -0.195. The fourth-order valence-corrected chi connectivity index (χ4v) is 0.980. The van der Waals surface area contributed by atoms with E-state index in [0.717, 1.165) is 24.6 Å². The summed E-state index contributed by atoms with van der Waals surface area (Å²) >= 11 is 3.33. The Labute approximate surface area is 82.1 Å². The van der Waals surface area contributed by atoms with E-state index >= 15 is 0 Å². The minimum absolute atomic E-state index is 0.195. The fraction of sp³-hybridized carbons (Fsp3) is 0.667. The predicted molar refractivity (Wildman–Crippen MR) is 53.4 cm³/mol. The molecule has 0 fully saturated rings. The van der Waals surface area contributed by atoms with Crippen molar-refractivity contribution < 1.29 is 9.53 Å². The Balaban J connectivity index is 3.05. The van der Waals surface area contributed by atoms with Gasteiger partial charge in [0.25, 0.3) is 0 Å². The van der Waals surface area contributed by atoms with Crippen LogP contribution in [0, 0.1) is 0 Å². The molecule has 0 aromatic rings. The highest BCUT2D eigenvalue weighted by molar-refractivity contribution is 9.09. The lowest BCUT2D eigenvalue weighted by Crippen LogP contribution is -1.99. The third-order valence-corrected chi connectivity index (χ3v) is 1.72. The number of hydrogen-bond donors (Lipinski definition) is 0. The first-order valence-corrected chi connectivity index (χ1v) is 5.24. The highest BCUT2D eigenvalue weighted by Gasteiger charge is 1.89. The van der Waals surface area contributed by atoms with Crippen LogP contribution < -0.4 is 0 Å². The van der Waals surface area contributed by atoms with E-state index in [4.69, 9.17) is 4.74 Å². The zero-order chi connectivity index (χ0) is 9.23. The summed E-state index contributed by atoms with van der Waals surface area (Å²) in [5.74, 6) is -0.195. The normalized spacial score (nSPS) is 10.5. The van der Waals surface area contributed by atoms with Crippen molar-refractivity contribution in [3.63, 3.8) is 0 Å². The molecule has 0 amide bonds. The van der Waals surface area contributed by atoms with Crippen LogP contribution >= 0.6 is 15.9 Å². The van der Waals surface area contributed by atoms with Crippen molar-refractivity contribution in [1.82, 2.24) is 0 Å². The number of carbonyl (C=O) groups excluding carboxylic acids is 1. The van der Waals surface area contributed by atoms with Crippen molar-refractivity contribution >= 4 is 21.9 Å². The average Bonchev–Trinajstić information content (AvgIpc) is 2.02. The van der Waals surface area contributed by atoms with Crippen LogP contribution in [0.1, 0.15) is 26.2 Å². The van der Waals surface area contributed by atoms with Gasteiger partial charge in [0.05, 0.1) is 6.61 Å². The molecule has 0 bridgehead atoms. The molecule has 0 aliphatic rings. The molecule has 0 N–H and O–H groups in total. The smallest absolute Gasteiger partial charge is 0.302 e. The van der Waals surface area contributed by atoms with Gasteiger partial charge in [-0.2, -0.15) is 0 Å². The summed E-state index contributed by atoms with van der Waals surface area (Å²) in [4.78, 5) is 10.3. The van der Waals surface area contributed by atoms with E-state index in [1.165, 1.54) is 6.92 Å². The van der Waals surface area contributed by atoms with Gasteiger partial charge < -0.3 is 4.74 Å². The number of rotatable bonds is 6. The molecule has 0 atom stereocenters. The molecule has 2 nitrogen and oxygen atoms in total. The van der Waals surface area contributed by atoms with Crippen LogP contribution in [0.25, 0.3) is 0 Å². The van der Waals surface area contributed by atoms with Gasteiger partial charge >= 0.3 is 5.97 Å². The molecule has 0 aliphatic carbocycles. The van der Waals surface area contributed by atoms with Crippen LogP contribution in [0.2, 0.25) is 0 Å². The van der Waals surface area contributed by atoms with Gasteiger partial charge in [0.2, 0.25) is 0 Å². The molecule has 0 rings (SSSR count). The third kappa shape index (κ3) is 9.69. The van der Waals surface area contributed by atoms with Crippen LogP contribution in [0.5, 0.6) is 0 Å². The average molecular weight is 235 g/mol. The molecule has 0 heterocycles. The van der Waals surface area contributed by atoms with Crippen molar-refractivity contribution in [3.05, 3.63) is 12.2 Å². The molecule has 0 spiro atoms. The summed E-state index contributed by atoms with van der Waals surface area (Å²) < 4.78 is 4.77. The number of halogens is 1. The maximum absolute atomic E-state index is 10.3. The maximum atomic E-state index is 10.3. The molecule has 0 radical (unpaired) electrons. The van der Waals surface area contributed by atoms with Gasteiger partial charge in [-0.15, -0.1) is 0 Å². The van der Waals surface area contributed by atoms with Crippen molar-refractivity contribution in [2.45, 2.75) is 26.2 Å². The molecular weight excluding hydrogens is 220 g/mol. The summed E-state index contributed by atoms with van der Waals surface area (Å²) in [6, 6.07) is 0. The maximum Gasteiger partial charge on any atom is 0.302 e. The molecule has 3 heteroatoms. The SMILES string of the molecule is CC(=O)OCCC/C=C\CCBr. The molecule has 0 aliphatic heterocycles. The summed E-state index contributed by atoms with van der Waals surface area (Å²) in [6.07, 6.45) is 7.21. The standard InChI is InChI=1S/C9H15BrO2/c1-9(11)12-8-6-4-2-3-5-7-10/h2-3H,4-8H2,1H3/b3-2-. The van der Waals surface area contributed by atoms with Crippen molar-refractivity contribution in [2.24, 2.45) is 0 Å². The second kappa shape index (κ2) is 8.78. The lowest BCUT2D eigenvalue weighted by molar-refractivity contribution is -0.141. The van der Waals surface area contributed by atoms with Gasteiger partial charge in [-0.25, -0.2) is 0 Å². The molecule has 0 aromatic heterocycles. The zero-order valence-electron chi connectivity index (χ0n) is 7.38. The van der Waals surface area contributed by atoms with Crippen LogP contribution in [-0.2, 0) is 9.53 Å². The summed E-state index contributed by atoms with van der Waals surface area (Å²) in [5.41, 5.74) is 0. The number of alkyl halides is 1. The van der Waals surface area contributed by atoms with Crippen LogP contribution in [-0.4, -0.2) is 17.9 Å². The van der Waals surface area contributed by atoms with Crippen LogP contribution in [0.15, 0.2) is 12.2 Å². The highest BCUT2D eigenvalue weighted by atomic mass is 79.9. The van der Waals surface area contributed by atoms with E-state index in [0.29, 0.717) is 6.61 Å². The number of carbonyl (C=O) groups is 1. The van der Waals surface area contributed by atoms with Gasteiger partial charge in [0, 0.05) is 12.3 Å². The van der Waals surface area contributed by atoms with Crippen LogP contribution in [0.3, 0.4) is 0 Å². The molecular formula is C9H15BrO2. The monoisotopic (exact) mass is 234 g/mol. The first kappa shape index (κ1) is 11.7. The number of esters is 1. The number of hydrogen-bond acceptors (Lipinski definition) is 2. The van der Waals surface area contributed by atoms with E-state index < -0.39 is 0 Å². The number of allylic oxidation sites excluding steroid dienone is 2. The lowest BCUT2D eigenvalue weighted by atomic mass is 10.3. The lowest BCUT2D eigenvalue weighted by Gasteiger charge is -1.97. The second-order valence-electron chi connectivity index (χ2n) is 2.43. The highest BCUT2D eigenvalue weighted by Crippen LogP contribution is 1.95. The van der Waals surface area contributed by atoms with E-state index in [2.05, 4.69) is 28.1 Å². The Kier molecular flexibility index (Phi) is 8.56. The fourth-order valence-electron chi connectivity index (χ4n) is 0.716. The first-order valence-electron chi connectivity index (χ1n) is 4.11. The van der Waals surface area contributed by atoms with Crippen LogP contribution in [0.4, 0.5) is 0 Å². The Morgan fingerprint density at radius 1 is 1.42 bits per heavy atom. The van der Waals surface area contributed by atoms with E-state index in [1.54, 1.807) is 0 Å². The van der Waals surface area contributed by atoms with E-state index in [9.17, 15) is 4.79 Å². The Bertz CT molecular complexity index is 143. The molecule has 0 aromatic carbocycles. The van der Waals surface area contributed by atoms with Gasteiger partial charge in [-0.1, -0.05) is 28.1 Å². The quantitative estimate of drug-likeness (QED) is 0.306. The zero-order valence-corrected chi connectivity index (χ0v) is 8.97. The number of ether oxygens (including phenoxy) is 1. The minimum Gasteiger partial charge on any atom is -0.466 e. The van der Waals surface area contributed by atoms with Gasteiger partial charge in [-0.3, -0.25) is 4.79 Å². The van der Waals surface area contributed by atoms with Crippen molar-refractivity contribution in [1.29, 1.82) is 0 Å². The van der Waals surface area contributed by atoms with Crippen molar-refractivity contribution in [3.8, 4) is 0 Å². The summed E-state index contributed by atoms with van der Waals surface area (Å²) in [6.45, 7) is 1.97. The van der Waals surface area contributed by atoms with E-state index in [-0.39, 0.29) is 5.97 Å². The number of unbranched alkanes of at least 4 members (excludes halogenated alkanes) is 1. The third-order valence-electron chi connectivity index (χ3n) is 1.26.